The summed E-state index contributed by atoms with van der Waals surface area (Å²) < 4.78 is 68.3. The van der Waals surface area contributed by atoms with Gasteiger partial charge in [0.25, 0.3) is 0 Å². The minimum atomic E-state index is -4.95. The smallest absolute Gasteiger partial charge is 0.462 e. The predicted octanol–water partition coefficient (Wildman–Crippen LogP) is 20.2. The lowest BCUT2D eigenvalue weighted by atomic mass is 9.99. The van der Waals surface area contributed by atoms with Gasteiger partial charge < -0.3 is 33.8 Å². The van der Waals surface area contributed by atoms with Crippen LogP contribution in [0, 0.1) is 17.8 Å². The fourth-order valence-electron chi connectivity index (χ4n) is 10.7. The second-order valence-electron chi connectivity index (χ2n) is 26.8. The SMILES string of the molecule is CCCCCCCCCCCCCC(=O)O[C@H](COC(=O)CCCCCCCCC(C)C)COP(=O)(O)OC[C@H](O)COP(=O)(O)OC[C@@H](COC(=O)CCCCCCCCCCC(C)CC)OC(=O)CCCCCCCCCCCCCCCCCC(C)C. The molecule has 534 valence electrons. The standard InChI is InChI=1S/C71H138O17P2/c1-8-10-11-12-13-14-20-24-31-40-47-54-70(75)88-67(59-82-69(74)53-46-39-34-33-36-43-50-63(5)6)61-86-90(79,80)84-57-65(72)56-83-89(77,78)85-60-66(58-81-68(73)52-45-38-30-27-26-29-37-44-51-64(7)9-2)87-71(76)55-48-41-32-25-22-19-17-15-16-18-21-23-28-35-42-49-62(3)4/h62-67,72H,8-61H2,1-7H3,(H,77,78)(H,79,80)/t64?,65-,66-,67-/m1/s1. The fraction of sp³-hybridized carbons (Fsp3) is 0.944. The summed E-state index contributed by atoms with van der Waals surface area (Å²) in [5.74, 6) is 0.133. The number of phosphoric acid groups is 2. The minimum absolute atomic E-state index is 0.106. The van der Waals surface area contributed by atoms with Crippen molar-refractivity contribution in [1.29, 1.82) is 0 Å². The average Bonchev–Trinajstić information content (AvgIpc) is 3.71. The van der Waals surface area contributed by atoms with E-state index in [2.05, 4.69) is 48.5 Å². The number of esters is 4. The van der Waals surface area contributed by atoms with Crippen LogP contribution in [-0.2, 0) is 65.4 Å². The first kappa shape index (κ1) is 88.1. The number of carbonyl (C=O) groups excluding carboxylic acids is 4. The van der Waals surface area contributed by atoms with E-state index in [-0.39, 0.29) is 25.7 Å². The molecule has 0 bridgehead atoms. The molecule has 0 aliphatic rings. The lowest BCUT2D eigenvalue weighted by Crippen LogP contribution is -2.30. The Morgan fingerprint density at radius 3 is 0.844 bits per heavy atom. The molecule has 0 aromatic heterocycles. The van der Waals surface area contributed by atoms with Crippen LogP contribution in [0.25, 0.3) is 0 Å². The molecule has 0 fully saturated rings. The van der Waals surface area contributed by atoms with E-state index < -0.39 is 97.5 Å². The number of hydrogen-bond acceptors (Lipinski definition) is 15. The second-order valence-corrected chi connectivity index (χ2v) is 29.7. The number of hydrogen-bond donors (Lipinski definition) is 3. The van der Waals surface area contributed by atoms with Crippen LogP contribution in [0.5, 0.6) is 0 Å². The van der Waals surface area contributed by atoms with Crippen molar-refractivity contribution in [2.24, 2.45) is 17.8 Å². The Morgan fingerprint density at radius 2 is 0.567 bits per heavy atom. The fourth-order valence-corrected chi connectivity index (χ4v) is 12.3. The Kier molecular flexibility index (Phi) is 60.6. The zero-order valence-corrected chi connectivity index (χ0v) is 60.4. The van der Waals surface area contributed by atoms with E-state index in [1.807, 2.05) is 0 Å². The van der Waals surface area contributed by atoms with Crippen molar-refractivity contribution in [2.75, 3.05) is 39.6 Å². The van der Waals surface area contributed by atoms with Crippen molar-refractivity contribution in [3.63, 3.8) is 0 Å². The maximum atomic E-state index is 13.0. The van der Waals surface area contributed by atoms with Crippen molar-refractivity contribution in [3.8, 4) is 0 Å². The molecule has 0 radical (unpaired) electrons. The summed E-state index contributed by atoms with van der Waals surface area (Å²) in [6.45, 7) is 11.8. The highest BCUT2D eigenvalue weighted by Crippen LogP contribution is 2.45. The van der Waals surface area contributed by atoms with Gasteiger partial charge in [0, 0.05) is 25.7 Å². The lowest BCUT2D eigenvalue weighted by molar-refractivity contribution is -0.161. The highest BCUT2D eigenvalue weighted by molar-refractivity contribution is 7.47. The molecule has 0 saturated carbocycles. The number of ether oxygens (including phenoxy) is 4. The van der Waals surface area contributed by atoms with E-state index >= 15 is 0 Å². The first-order valence-electron chi connectivity index (χ1n) is 36.9. The number of rotatable bonds is 69. The van der Waals surface area contributed by atoms with E-state index in [9.17, 15) is 43.2 Å². The van der Waals surface area contributed by atoms with Crippen LogP contribution in [0.2, 0.25) is 0 Å². The topological polar surface area (TPSA) is 237 Å². The van der Waals surface area contributed by atoms with Gasteiger partial charge in [-0.05, 0) is 43.4 Å². The van der Waals surface area contributed by atoms with E-state index in [1.54, 1.807) is 0 Å². The molecule has 0 heterocycles. The first-order valence-corrected chi connectivity index (χ1v) is 39.9. The van der Waals surface area contributed by atoms with Gasteiger partial charge in [0.1, 0.15) is 19.3 Å². The molecule has 3 unspecified atom stereocenters. The summed E-state index contributed by atoms with van der Waals surface area (Å²) in [5, 5.41) is 10.6. The second kappa shape index (κ2) is 61.9. The number of aliphatic hydroxyl groups excluding tert-OH is 1. The zero-order chi connectivity index (χ0) is 66.6. The normalized spacial score (nSPS) is 14.5. The largest absolute Gasteiger partial charge is 0.472 e. The van der Waals surface area contributed by atoms with E-state index in [0.29, 0.717) is 31.6 Å². The first-order chi connectivity index (χ1) is 43.3. The van der Waals surface area contributed by atoms with Gasteiger partial charge >= 0.3 is 39.5 Å². The Bertz CT molecular complexity index is 1770. The Labute approximate surface area is 549 Å². The molecule has 0 rings (SSSR count). The summed E-state index contributed by atoms with van der Waals surface area (Å²) >= 11 is 0. The van der Waals surface area contributed by atoms with Crippen LogP contribution in [0.1, 0.15) is 357 Å². The van der Waals surface area contributed by atoms with Gasteiger partial charge in [0.05, 0.1) is 26.4 Å². The molecule has 0 amide bonds. The number of phosphoric ester groups is 2. The molecule has 0 aliphatic carbocycles. The number of unbranched alkanes of at least 4 members (excludes halogenated alkanes) is 36. The molecular weight excluding hydrogens is 1190 g/mol. The molecule has 0 spiro atoms. The third-order valence-electron chi connectivity index (χ3n) is 16.7. The minimum Gasteiger partial charge on any atom is -0.462 e. The molecule has 0 saturated heterocycles. The van der Waals surface area contributed by atoms with Crippen LogP contribution in [0.3, 0.4) is 0 Å². The third-order valence-corrected chi connectivity index (χ3v) is 18.6. The maximum Gasteiger partial charge on any atom is 0.472 e. The highest BCUT2D eigenvalue weighted by Gasteiger charge is 2.30. The lowest BCUT2D eigenvalue weighted by Gasteiger charge is -2.21. The van der Waals surface area contributed by atoms with Gasteiger partial charge in [-0.2, -0.15) is 0 Å². The zero-order valence-electron chi connectivity index (χ0n) is 58.6. The summed E-state index contributed by atoms with van der Waals surface area (Å²) in [7, 11) is -9.90. The monoisotopic (exact) mass is 1320 g/mol. The third kappa shape index (κ3) is 63.5. The molecule has 0 aliphatic heterocycles. The molecule has 0 aromatic carbocycles. The molecular formula is C71H138O17P2. The van der Waals surface area contributed by atoms with Gasteiger partial charge in [-0.3, -0.25) is 37.3 Å². The van der Waals surface area contributed by atoms with Gasteiger partial charge in [0.2, 0.25) is 0 Å². The van der Waals surface area contributed by atoms with Gasteiger partial charge in [0.15, 0.2) is 12.2 Å². The summed E-state index contributed by atoms with van der Waals surface area (Å²) in [5.41, 5.74) is 0. The quantitative estimate of drug-likeness (QED) is 0.0222. The van der Waals surface area contributed by atoms with Gasteiger partial charge in [-0.1, -0.05) is 305 Å². The van der Waals surface area contributed by atoms with Crippen LogP contribution in [-0.4, -0.2) is 96.7 Å². The van der Waals surface area contributed by atoms with E-state index in [0.717, 1.165) is 108 Å². The van der Waals surface area contributed by atoms with Crippen LogP contribution >= 0.6 is 15.6 Å². The predicted molar refractivity (Wildman–Crippen MR) is 363 cm³/mol. The summed E-state index contributed by atoms with van der Waals surface area (Å²) in [4.78, 5) is 72.5. The maximum absolute atomic E-state index is 13.0. The average molecular weight is 1330 g/mol. The van der Waals surface area contributed by atoms with Crippen LogP contribution in [0.15, 0.2) is 0 Å². The number of carbonyl (C=O) groups is 4. The van der Waals surface area contributed by atoms with Crippen molar-refractivity contribution >= 4 is 39.5 Å². The van der Waals surface area contributed by atoms with Crippen molar-refractivity contribution in [2.45, 2.75) is 375 Å². The number of aliphatic hydroxyl groups is 1. The Morgan fingerprint density at radius 1 is 0.322 bits per heavy atom. The summed E-state index contributed by atoms with van der Waals surface area (Å²) in [6, 6.07) is 0. The van der Waals surface area contributed by atoms with E-state index in [1.165, 1.54) is 161 Å². The molecule has 19 heteroatoms. The molecule has 90 heavy (non-hydrogen) atoms. The van der Waals surface area contributed by atoms with Crippen LogP contribution in [0.4, 0.5) is 0 Å². The van der Waals surface area contributed by atoms with Gasteiger partial charge in [-0.25, -0.2) is 9.13 Å². The van der Waals surface area contributed by atoms with Crippen molar-refractivity contribution in [1.82, 2.24) is 0 Å². The van der Waals surface area contributed by atoms with Gasteiger partial charge in [-0.15, -0.1) is 0 Å². The summed E-state index contributed by atoms with van der Waals surface area (Å²) in [6.07, 6.45) is 45.9. The molecule has 17 nitrogen and oxygen atoms in total. The van der Waals surface area contributed by atoms with E-state index in [4.69, 9.17) is 37.0 Å². The molecule has 3 N–H and O–H groups in total. The Balaban J connectivity index is 5.22. The molecule has 6 atom stereocenters. The Hall–Kier alpha value is -1.94. The highest BCUT2D eigenvalue weighted by atomic mass is 31.2. The molecule has 0 aromatic rings. The van der Waals surface area contributed by atoms with Crippen molar-refractivity contribution in [3.05, 3.63) is 0 Å². The van der Waals surface area contributed by atoms with Crippen molar-refractivity contribution < 1.29 is 80.2 Å². The van der Waals surface area contributed by atoms with Crippen LogP contribution < -0.4 is 0 Å².